The number of fused-ring (bicyclic) bond motifs is 10. The lowest BCUT2D eigenvalue weighted by Crippen LogP contribution is -2.10. The summed E-state index contributed by atoms with van der Waals surface area (Å²) in [4.78, 5) is 4.74. The van der Waals surface area contributed by atoms with E-state index in [9.17, 15) is 0 Å². The molecule has 0 aliphatic carbocycles. The van der Waals surface area contributed by atoms with E-state index in [1.165, 1.54) is 5.56 Å². The maximum Gasteiger partial charge on any atom is 0.143 e. The molecule has 2 aromatic heterocycles. The van der Waals surface area contributed by atoms with E-state index in [-0.39, 0.29) is 0 Å². The van der Waals surface area contributed by atoms with Gasteiger partial charge in [0.15, 0.2) is 0 Å². The van der Waals surface area contributed by atoms with Gasteiger partial charge in [0, 0.05) is 65.8 Å². The van der Waals surface area contributed by atoms with E-state index in [2.05, 4.69) is 241 Å². The van der Waals surface area contributed by atoms with Crippen LogP contribution in [0.25, 0.3) is 87.7 Å². The standard InChI is InChI=1S/C63H42N2O2/c1-41-26-32-47(33-27-41)65(59-40-57-53-21-10-12-25-61(53)67-63(57)55-23-8-6-19-51(55)59)49-36-30-43(31-37-49)45-15-13-14-44(38-45)42-28-34-48(35-29-42)64(46-16-3-2-4-17-46)58-39-56-52-20-9-11-24-60(52)66-62(56)54-22-7-5-18-50(54)58/h2-40H,1H3. The van der Waals surface area contributed by atoms with Gasteiger partial charge in [-0.15, -0.1) is 0 Å². The van der Waals surface area contributed by atoms with E-state index >= 15 is 0 Å². The topological polar surface area (TPSA) is 32.8 Å². The maximum absolute atomic E-state index is 6.50. The molecule has 0 radical (unpaired) electrons. The van der Waals surface area contributed by atoms with Crippen LogP contribution in [0.3, 0.4) is 0 Å². The van der Waals surface area contributed by atoms with Crippen molar-refractivity contribution in [1.82, 2.24) is 0 Å². The van der Waals surface area contributed by atoms with Crippen LogP contribution in [0.15, 0.2) is 245 Å². The normalized spacial score (nSPS) is 11.7. The molecule has 4 nitrogen and oxygen atoms in total. The minimum atomic E-state index is 0.893. The molecule has 13 rings (SSSR count). The molecular formula is C63H42N2O2. The number of hydrogen-bond donors (Lipinski definition) is 0. The van der Waals surface area contributed by atoms with Gasteiger partial charge in [-0.3, -0.25) is 0 Å². The van der Waals surface area contributed by atoms with Gasteiger partial charge in [0.2, 0.25) is 0 Å². The largest absolute Gasteiger partial charge is 0.455 e. The van der Waals surface area contributed by atoms with Crippen LogP contribution in [0.4, 0.5) is 34.1 Å². The Bertz CT molecular complexity index is 3980. The molecule has 0 aliphatic rings. The van der Waals surface area contributed by atoms with Crippen molar-refractivity contribution in [2.24, 2.45) is 0 Å². The zero-order valence-electron chi connectivity index (χ0n) is 36.7. The van der Waals surface area contributed by atoms with Crippen molar-refractivity contribution in [1.29, 1.82) is 0 Å². The summed E-state index contributed by atoms with van der Waals surface area (Å²) in [5, 5.41) is 8.88. The lowest BCUT2D eigenvalue weighted by molar-refractivity contribution is 0.672. The fraction of sp³-hybridized carbons (Fsp3) is 0.0159. The second-order valence-corrected chi connectivity index (χ2v) is 17.3. The summed E-state index contributed by atoms with van der Waals surface area (Å²) in [7, 11) is 0. The summed E-state index contributed by atoms with van der Waals surface area (Å²) in [6.07, 6.45) is 0. The van der Waals surface area contributed by atoms with Gasteiger partial charge in [0.05, 0.1) is 11.4 Å². The summed E-state index contributed by atoms with van der Waals surface area (Å²) in [5.41, 5.74) is 16.0. The molecule has 0 saturated heterocycles. The van der Waals surface area contributed by atoms with E-state index < -0.39 is 0 Å². The highest BCUT2D eigenvalue weighted by Crippen LogP contribution is 2.47. The lowest BCUT2D eigenvalue weighted by atomic mass is 9.98. The maximum atomic E-state index is 6.50. The third kappa shape index (κ3) is 6.53. The van der Waals surface area contributed by atoms with Crippen LogP contribution in [0.2, 0.25) is 0 Å². The fourth-order valence-corrected chi connectivity index (χ4v) is 10.0. The van der Waals surface area contributed by atoms with E-state index in [1.54, 1.807) is 0 Å². The Morgan fingerprint density at radius 2 is 0.642 bits per heavy atom. The Morgan fingerprint density at radius 1 is 0.269 bits per heavy atom. The molecule has 0 fully saturated rings. The molecule has 0 saturated carbocycles. The molecule has 316 valence electrons. The molecule has 0 atom stereocenters. The van der Waals surface area contributed by atoms with Crippen molar-refractivity contribution in [3.8, 4) is 22.3 Å². The van der Waals surface area contributed by atoms with Gasteiger partial charge < -0.3 is 18.6 Å². The third-order valence-corrected chi connectivity index (χ3v) is 13.3. The summed E-state index contributed by atoms with van der Waals surface area (Å²) in [6, 6.07) is 84.6. The molecule has 0 unspecified atom stereocenters. The Morgan fingerprint density at radius 3 is 1.10 bits per heavy atom. The summed E-state index contributed by atoms with van der Waals surface area (Å²) >= 11 is 0. The van der Waals surface area contributed by atoms with Crippen molar-refractivity contribution in [2.45, 2.75) is 6.92 Å². The van der Waals surface area contributed by atoms with Gasteiger partial charge in [-0.1, -0.05) is 163 Å². The first-order valence-electron chi connectivity index (χ1n) is 22.8. The van der Waals surface area contributed by atoms with Crippen LogP contribution in [-0.2, 0) is 0 Å². The summed E-state index contributed by atoms with van der Waals surface area (Å²) in [6.45, 7) is 2.14. The van der Waals surface area contributed by atoms with Gasteiger partial charge in [-0.2, -0.15) is 0 Å². The summed E-state index contributed by atoms with van der Waals surface area (Å²) < 4.78 is 13.0. The van der Waals surface area contributed by atoms with E-state index in [1.807, 2.05) is 12.1 Å². The van der Waals surface area contributed by atoms with Crippen LogP contribution in [0, 0.1) is 6.92 Å². The minimum Gasteiger partial charge on any atom is -0.455 e. The average molecular weight is 859 g/mol. The van der Waals surface area contributed by atoms with Crippen LogP contribution in [-0.4, -0.2) is 0 Å². The van der Waals surface area contributed by atoms with E-state index in [0.29, 0.717) is 0 Å². The first-order valence-corrected chi connectivity index (χ1v) is 22.8. The molecule has 0 N–H and O–H groups in total. The van der Waals surface area contributed by atoms with Crippen LogP contribution in [0.1, 0.15) is 5.56 Å². The number of rotatable bonds is 8. The van der Waals surface area contributed by atoms with Gasteiger partial charge >= 0.3 is 0 Å². The number of furan rings is 2. The Hall–Kier alpha value is -8.86. The van der Waals surface area contributed by atoms with Crippen molar-refractivity contribution in [2.75, 3.05) is 9.80 Å². The minimum absolute atomic E-state index is 0.893. The van der Waals surface area contributed by atoms with Crippen molar-refractivity contribution < 1.29 is 8.83 Å². The molecule has 0 amide bonds. The van der Waals surface area contributed by atoms with Gasteiger partial charge in [-0.25, -0.2) is 0 Å². The smallest absolute Gasteiger partial charge is 0.143 e. The summed E-state index contributed by atoms with van der Waals surface area (Å²) in [5.74, 6) is 0. The molecule has 0 bridgehead atoms. The van der Waals surface area contributed by atoms with E-state index in [0.717, 1.165) is 122 Å². The highest BCUT2D eigenvalue weighted by atomic mass is 16.3. The zero-order chi connectivity index (χ0) is 44.4. The van der Waals surface area contributed by atoms with Crippen molar-refractivity contribution in [3.05, 3.63) is 242 Å². The number of aryl methyl sites for hydroxylation is 1. The number of hydrogen-bond acceptors (Lipinski definition) is 4. The third-order valence-electron chi connectivity index (χ3n) is 13.3. The van der Waals surface area contributed by atoms with Crippen LogP contribution < -0.4 is 9.80 Å². The number of anilines is 6. The quantitative estimate of drug-likeness (QED) is 0.152. The molecule has 0 spiro atoms. The van der Waals surface area contributed by atoms with Crippen LogP contribution in [0.5, 0.6) is 0 Å². The first-order chi connectivity index (χ1) is 33.1. The van der Waals surface area contributed by atoms with Crippen LogP contribution >= 0.6 is 0 Å². The molecule has 13 aromatic rings. The number of nitrogens with zero attached hydrogens (tertiary/aromatic N) is 2. The molecule has 2 heterocycles. The molecular weight excluding hydrogens is 817 g/mol. The predicted octanol–water partition coefficient (Wildman–Crippen LogP) is 18.4. The molecule has 11 aromatic carbocycles. The second-order valence-electron chi connectivity index (χ2n) is 17.3. The van der Waals surface area contributed by atoms with Gasteiger partial charge in [-0.05, 0) is 108 Å². The highest BCUT2D eigenvalue weighted by Gasteiger charge is 2.22. The first kappa shape index (κ1) is 38.6. The second kappa shape index (κ2) is 15.7. The molecule has 4 heteroatoms. The van der Waals surface area contributed by atoms with Gasteiger partial charge in [0.25, 0.3) is 0 Å². The SMILES string of the molecule is Cc1ccc(N(c2ccc(-c3cccc(-c4ccc(N(c5ccccc5)c5cc6c7ccccc7oc6c6ccccc56)cc4)c3)cc2)c2cc3c4ccccc4oc3c3ccccc23)cc1. The number of benzene rings is 11. The Balaban J connectivity index is 0.870. The van der Waals surface area contributed by atoms with Gasteiger partial charge in [0.1, 0.15) is 22.3 Å². The Kier molecular flexibility index (Phi) is 9.04. The fourth-order valence-electron chi connectivity index (χ4n) is 10.0. The lowest BCUT2D eigenvalue weighted by Gasteiger charge is -2.27. The van der Waals surface area contributed by atoms with Crippen molar-refractivity contribution in [3.63, 3.8) is 0 Å². The average Bonchev–Trinajstić information content (AvgIpc) is 3.97. The monoisotopic (exact) mass is 858 g/mol. The molecule has 0 aliphatic heterocycles. The van der Waals surface area contributed by atoms with Crippen molar-refractivity contribution >= 4 is 99.5 Å². The Labute approximate surface area is 387 Å². The zero-order valence-corrected chi connectivity index (χ0v) is 36.7. The molecule has 67 heavy (non-hydrogen) atoms. The number of para-hydroxylation sites is 3. The van der Waals surface area contributed by atoms with E-state index in [4.69, 9.17) is 8.83 Å². The predicted molar refractivity (Wildman–Crippen MR) is 281 cm³/mol. The highest BCUT2D eigenvalue weighted by molar-refractivity contribution is 6.21.